The van der Waals surface area contributed by atoms with Crippen LogP contribution in [-0.4, -0.2) is 40.8 Å². The molecule has 0 radical (unpaired) electrons. The SMILES string of the molecule is Cc1c(-c2ccnc(N3c4ccccc4CC3C)n2)nnc2nc(-c3ccccc3)nn12. The number of fused-ring (bicyclic) bond motifs is 2. The minimum atomic E-state index is 0.279. The van der Waals surface area contributed by atoms with Gasteiger partial charge in [0.1, 0.15) is 5.69 Å². The summed E-state index contributed by atoms with van der Waals surface area (Å²) in [5, 5.41) is 13.4. The third kappa shape index (κ3) is 2.91. The van der Waals surface area contributed by atoms with Crippen molar-refractivity contribution in [3.8, 4) is 22.8 Å². The molecule has 0 aliphatic carbocycles. The maximum absolute atomic E-state index is 4.86. The number of anilines is 2. The zero-order chi connectivity index (χ0) is 21.7. The first-order valence-electron chi connectivity index (χ1n) is 10.5. The molecule has 5 aromatic rings. The van der Waals surface area contributed by atoms with Gasteiger partial charge in [0.05, 0.1) is 11.4 Å². The average molecular weight is 420 g/mol. The van der Waals surface area contributed by atoms with E-state index in [1.807, 2.05) is 49.4 Å². The first kappa shape index (κ1) is 18.6. The number of aromatic nitrogens is 7. The van der Waals surface area contributed by atoms with Crippen molar-refractivity contribution in [1.29, 1.82) is 0 Å². The van der Waals surface area contributed by atoms with E-state index in [1.54, 1.807) is 10.7 Å². The second-order valence-electron chi connectivity index (χ2n) is 7.94. The van der Waals surface area contributed by atoms with Gasteiger partial charge in [0.2, 0.25) is 5.95 Å². The summed E-state index contributed by atoms with van der Waals surface area (Å²) in [6, 6.07) is 20.4. The van der Waals surface area contributed by atoms with E-state index >= 15 is 0 Å². The number of benzene rings is 2. The Balaban J connectivity index is 1.43. The Labute approximate surface area is 184 Å². The van der Waals surface area contributed by atoms with E-state index in [4.69, 9.17) is 4.98 Å². The fraction of sp³-hybridized carbons (Fsp3) is 0.167. The van der Waals surface area contributed by atoms with Gasteiger partial charge < -0.3 is 4.90 Å². The molecule has 4 heterocycles. The zero-order valence-corrected chi connectivity index (χ0v) is 17.7. The molecule has 32 heavy (non-hydrogen) atoms. The Morgan fingerprint density at radius 2 is 1.72 bits per heavy atom. The highest BCUT2D eigenvalue weighted by atomic mass is 15.4. The Morgan fingerprint density at radius 3 is 2.59 bits per heavy atom. The Bertz CT molecular complexity index is 1440. The van der Waals surface area contributed by atoms with Crippen LogP contribution >= 0.6 is 0 Å². The molecule has 6 rings (SSSR count). The van der Waals surface area contributed by atoms with Gasteiger partial charge in [0, 0.05) is 23.5 Å². The number of hydrogen-bond donors (Lipinski definition) is 0. The molecule has 1 unspecified atom stereocenters. The maximum atomic E-state index is 4.86. The topological polar surface area (TPSA) is 85.0 Å². The van der Waals surface area contributed by atoms with Crippen LogP contribution in [0.4, 0.5) is 11.6 Å². The van der Waals surface area contributed by atoms with E-state index in [1.165, 1.54) is 5.56 Å². The van der Waals surface area contributed by atoms with Gasteiger partial charge in [-0.1, -0.05) is 48.5 Å². The van der Waals surface area contributed by atoms with Crippen molar-refractivity contribution in [2.45, 2.75) is 26.3 Å². The molecule has 0 bridgehead atoms. The van der Waals surface area contributed by atoms with Crippen LogP contribution in [0.25, 0.3) is 28.6 Å². The summed E-state index contributed by atoms with van der Waals surface area (Å²) in [4.78, 5) is 16.1. The largest absolute Gasteiger partial charge is 0.307 e. The third-order valence-corrected chi connectivity index (χ3v) is 5.83. The lowest BCUT2D eigenvalue weighted by molar-refractivity contribution is 0.739. The van der Waals surface area contributed by atoms with Crippen LogP contribution in [0.5, 0.6) is 0 Å². The van der Waals surface area contributed by atoms with Crippen molar-refractivity contribution in [3.05, 3.63) is 78.1 Å². The van der Waals surface area contributed by atoms with Crippen molar-refractivity contribution in [3.63, 3.8) is 0 Å². The van der Waals surface area contributed by atoms with Gasteiger partial charge in [-0.3, -0.25) is 0 Å². The highest BCUT2D eigenvalue weighted by Crippen LogP contribution is 2.36. The van der Waals surface area contributed by atoms with Crippen LogP contribution in [0.3, 0.4) is 0 Å². The molecule has 0 saturated heterocycles. The smallest absolute Gasteiger partial charge is 0.272 e. The van der Waals surface area contributed by atoms with Gasteiger partial charge in [-0.25, -0.2) is 9.97 Å². The Kier molecular flexibility index (Phi) is 4.17. The van der Waals surface area contributed by atoms with Gasteiger partial charge in [-0.15, -0.1) is 15.3 Å². The van der Waals surface area contributed by atoms with E-state index in [0.29, 0.717) is 28.9 Å². The highest BCUT2D eigenvalue weighted by molar-refractivity contribution is 5.69. The second kappa shape index (κ2) is 7.19. The van der Waals surface area contributed by atoms with Gasteiger partial charge in [-0.05, 0) is 38.0 Å². The molecular weight excluding hydrogens is 400 g/mol. The molecule has 1 aliphatic rings. The minimum absolute atomic E-state index is 0.279. The second-order valence-corrected chi connectivity index (χ2v) is 7.94. The fourth-order valence-corrected chi connectivity index (χ4v) is 4.27. The summed E-state index contributed by atoms with van der Waals surface area (Å²) in [5.41, 5.74) is 5.58. The molecule has 1 aliphatic heterocycles. The quantitative estimate of drug-likeness (QED) is 0.435. The van der Waals surface area contributed by atoms with E-state index < -0.39 is 0 Å². The van der Waals surface area contributed by atoms with Gasteiger partial charge in [-0.2, -0.15) is 9.50 Å². The van der Waals surface area contributed by atoms with Gasteiger partial charge >= 0.3 is 0 Å². The molecule has 0 amide bonds. The molecule has 0 N–H and O–H groups in total. The summed E-state index contributed by atoms with van der Waals surface area (Å²) in [7, 11) is 0. The van der Waals surface area contributed by atoms with Crippen LogP contribution in [-0.2, 0) is 6.42 Å². The van der Waals surface area contributed by atoms with Gasteiger partial charge in [0.25, 0.3) is 5.78 Å². The third-order valence-electron chi connectivity index (χ3n) is 5.83. The number of rotatable bonds is 3. The molecule has 3 aromatic heterocycles. The van der Waals surface area contributed by atoms with E-state index in [2.05, 4.69) is 55.3 Å². The van der Waals surface area contributed by atoms with Crippen LogP contribution in [0.2, 0.25) is 0 Å². The zero-order valence-electron chi connectivity index (χ0n) is 17.7. The van der Waals surface area contributed by atoms with E-state index in [0.717, 1.165) is 23.4 Å². The first-order chi connectivity index (χ1) is 15.7. The average Bonchev–Trinajstić information content (AvgIpc) is 3.41. The molecule has 8 nitrogen and oxygen atoms in total. The molecule has 1 atom stereocenters. The monoisotopic (exact) mass is 420 g/mol. The number of hydrogen-bond acceptors (Lipinski definition) is 7. The van der Waals surface area contributed by atoms with Crippen molar-refractivity contribution < 1.29 is 0 Å². The predicted octanol–water partition coefficient (Wildman–Crippen LogP) is 4.03. The van der Waals surface area contributed by atoms with Crippen molar-refractivity contribution in [1.82, 2.24) is 34.8 Å². The lowest BCUT2D eigenvalue weighted by Crippen LogP contribution is -2.26. The number of nitrogens with zero attached hydrogens (tertiary/aromatic N) is 8. The fourth-order valence-electron chi connectivity index (χ4n) is 4.27. The van der Waals surface area contributed by atoms with Crippen LogP contribution in [0.15, 0.2) is 66.9 Å². The number of aryl methyl sites for hydroxylation is 1. The lowest BCUT2D eigenvalue weighted by atomic mass is 10.1. The lowest BCUT2D eigenvalue weighted by Gasteiger charge is -2.22. The maximum Gasteiger partial charge on any atom is 0.272 e. The van der Waals surface area contributed by atoms with Crippen molar-refractivity contribution in [2.24, 2.45) is 0 Å². The Morgan fingerprint density at radius 1 is 0.906 bits per heavy atom. The molecule has 156 valence electrons. The van der Waals surface area contributed by atoms with Crippen LogP contribution in [0, 0.1) is 6.92 Å². The Hall–Kier alpha value is -4.20. The van der Waals surface area contributed by atoms with Gasteiger partial charge in [0.15, 0.2) is 5.82 Å². The predicted molar refractivity (Wildman–Crippen MR) is 122 cm³/mol. The molecule has 2 aromatic carbocycles. The summed E-state index contributed by atoms with van der Waals surface area (Å²) < 4.78 is 1.72. The molecule has 0 fully saturated rings. The molecular formula is C24H20N8. The molecule has 0 saturated carbocycles. The van der Waals surface area contributed by atoms with E-state index in [-0.39, 0.29) is 6.04 Å². The number of para-hydroxylation sites is 1. The molecule has 0 spiro atoms. The summed E-state index contributed by atoms with van der Waals surface area (Å²) in [6.07, 6.45) is 2.74. The summed E-state index contributed by atoms with van der Waals surface area (Å²) in [6.45, 7) is 4.14. The van der Waals surface area contributed by atoms with Crippen molar-refractivity contribution >= 4 is 17.4 Å². The van der Waals surface area contributed by atoms with Crippen molar-refractivity contribution in [2.75, 3.05) is 4.90 Å². The van der Waals surface area contributed by atoms with Crippen LogP contribution < -0.4 is 4.90 Å². The normalized spacial score (nSPS) is 15.3. The summed E-state index contributed by atoms with van der Waals surface area (Å²) in [5.74, 6) is 1.73. The van der Waals surface area contributed by atoms with Crippen LogP contribution in [0.1, 0.15) is 18.2 Å². The minimum Gasteiger partial charge on any atom is -0.307 e. The summed E-state index contributed by atoms with van der Waals surface area (Å²) >= 11 is 0. The van der Waals surface area contributed by atoms with E-state index in [9.17, 15) is 0 Å². The molecule has 8 heteroatoms. The first-order valence-corrected chi connectivity index (χ1v) is 10.5. The standard InChI is InChI=1S/C24H20N8/c1-15-14-18-10-6-7-11-20(18)31(15)23-25-13-12-19(26-23)21-16(2)32-24(29-28-21)27-22(30-32)17-8-4-3-5-9-17/h3-13,15H,14H2,1-2H3. The highest BCUT2D eigenvalue weighted by Gasteiger charge is 2.29.